The van der Waals surface area contributed by atoms with E-state index in [9.17, 15) is 0 Å². The zero-order chi connectivity index (χ0) is 49.6. The van der Waals surface area contributed by atoms with Crippen LogP contribution in [0.25, 0.3) is 75.1 Å². The van der Waals surface area contributed by atoms with E-state index < -0.39 is 5.41 Å². The predicted molar refractivity (Wildman–Crippen MR) is 315 cm³/mol. The number of thiophene rings is 1. The lowest BCUT2D eigenvalue weighted by atomic mass is 9.67. The highest BCUT2D eigenvalue weighted by Gasteiger charge is 2.46. The Bertz CT molecular complexity index is 4030. The molecule has 0 saturated carbocycles. The molecule has 2 heteroatoms. The highest BCUT2D eigenvalue weighted by atomic mass is 32.1. The van der Waals surface area contributed by atoms with Gasteiger partial charge < -0.3 is 4.90 Å². The maximum atomic E-state index is 2.50. The Kier molecular flexibility index (Phi) is 10.5. The summed E-state index contributed by atoms with van der Waals surface area (Å²) in [6, 6.07) is 89.5. The van der Waals surface area contributed by atoms with Crippen LogP contribution < -0.4 is 4.90 Å². The molecule has 0 aliphatic heterocycles. The van der Waals surface area contributed by atoms with E-state index in [1.807, 2.05) is 11.3 Å². The third kappa shape index (κ3) is 7.58. The zero-order valence-electron chi connectivity index (χ0n) is 42.4. The molecule has 1 heterocycles. The first-order chi connectivity index (χ1) is 35.4. The molecule has 1 aliphatic carbocycles. The van der Waals surface area contributed by atoms with Gasteiger partial charge in [0.25, 0.3) is 0 Å². The number of benzene rings is 11. The summed E-state index contributed by atoms with van der Waals surface area (Å²) in [4.78, 5) is 2.47. The van der Waals surface area contributed by atoms with E-state index in [1.165, 1.54) is 108 Å². The van der Waals surface area contributed by atoms with Crippen LogP contribution in [0.2, 0.25) is 0 Å². The van der Waals surface area contributed by atoms with Gasteiger partial charge in [0.2, 0.25) is 0 Å². The van der Waals surface area contributed by atoms with Gasteiger partial charge in [0, 0.05) is 37.2 Å². The van der Waals surface area contributed by atoms with Crippen LogP contribution in [0.1, 0.15) is 74.9 Å². The summed E-state index contributed by atoms with van der Waals surface area (Å²) in [5.74, 6) is 0. The smallest absolute Gasteiger partial charge is 0.0714 e. The quantitative estimate of drug-likeness (QED) is 0.154. The van der Waals surface area contributed by atoms with Crippen molar-refractivity contribution < 1.29 is 0 Å². The summed E-state index contributed by atoms with van der Waals surface area (Å²) in [6.07, 6.45) is 0. The minimum Gasteiger partial charge on any atom is -0.310 e. The van der Waals surface area contributed by atoms with Crippen molar-refractivity contribution in [1.82, 2.24) is 0 Å². The van der Waals surface area contributed by atoms with Gasteiger partial charge in [0.1, 0.15) is 0 Å². The lowest BCUT2D eigenvalue weighted by molar-refractivity contribution is 0.588. The summed E-state index contributed by atoms with van der Waals surface area (Å²) < 4.78 is 2.59. The molecule has 1 aromatic heterocycles. The van der Waals surface area contributed by atoms with Gasteiger partial charge in [-0.1, -0.05) is 217 Å². The number of rotatable bonds is 7. The van der Waals surface area contributed by atoms with Gasteiger partial charge in [-0.15, -0.1) is 11.3 Å². The van der Waals surface area contributed by atoms with Gasteiger partial charge in [-0.2, -0.15) is 0 Å². The summed E-state index contributed by atoms with van der Waals surface area (Å²) in [6.45, 7) is 13.8. The summed E-state index contributed by atoms with van der Waals surface area (Å²) in [5, 5.41) is 7.59. The molecule has 11 aromatic carbocycles. The van der Waals surface area contributed by atoms with Crippen LogP contribution in [0.5, 0.6) is 0 Å². The zero-order valence-corrected chi connectivity index (χ0v) is 43.2. The van der Waals surface area contributed by atoms with Crippen LogP contribution in [0, 0.1) is 0 Å². The van der Waals surface area contributed by atoms with Crippen molar-refractivity contribution in [2.45, 2.75) is 57.8 Å². The normalized spacial score (nSPS) is 13.2. The molecule has 0 unspecified atom stereocenters. The van der Waals surface area contributed by atoms with Crippen molar-refractivity contribution in [2.75, 3.05) is 4.90 Å². The summed E-state index contributed by atoms with van der Waals surface area (Å²) in [7, 11) is 0. The van der Waals surface area contributed by atoms with E-state index in [-0.39, 0.29) is 10.8 Å². The Balaban J connectivity index is 0.956. The van der Waals surface area contributed by atoms with Crippen LogP contribution >= 0.6 is 11.3 Å². The van der Waals surface area contributed by atoms with E-state index in [2.05, 4.69) is 283 Å². The second kappa shape index (κ2) is 17.0. The molecule has 0 fully saturated rings. The van der Waals surface area contributed by atoms with Gasteiger partial charge >= 0.3 is 0 Å². The molecule has 73 heavy (non-hydrogen) atoms. The lowest BCUT2D eigenvalue weighted by Gasteiger charge is -2.36. The molecule has 0 amide bonds. The van der Waals surface area contributed by atoms with Crippen LogP contribution in [0.3, 0.4) is 0 Å². The standard InChI is InChI=1S/C71H57NS/c1-69(2,3)54-27-31-56(32-28-54)71(57-33-29-55(30-34-57)70(4,5)6)65-17-11-9-15-61(65)62-39-37-59(44-66(62)71)72(60-38-40-64-63-16-10-12-18-67(63)73-68(64)45-60)58-35-25-47(26-36-58)49-21-22-52-43-53(24-23-51(52)42-49)50-20-19-46-13-7-8-14-48(46)41-50/h7-45H,1-6H3. The van der Waals surface area contributed by atoms with Crippen LogP contribution in [0.4, 0.5) is 17.1 Å². The van der Waals surface area contributed by atoms with Crippen molar-refractivity contribution in [1.29, 1.82) is 0 Å². The molecule has 352 valence electrons. The van der Waals surface area contributed by atoms with Crippen LogP contribution in [-0.2, 0) is 16.2 Å². The third-order valence-electron chi connectivity index (χ3n) is 15.7. The average Bonchev–Trinajstić information content (AvgIpc) is 3.93. The highest BCUT2D eigenvalue weighted by Crippen LogP contribution is 2.58. The average molecular weight is 956 g/mol. The van der Waals surface area contributed by atoms with E-state index >= 15 is 0 Å². The maximum Gasteiger partial charge on any atom is 0.0714 e. The van der Waals surface area contributed by atoms with Gasteiger partial charge in [-0.3, -0.25) is 0 Å². The molecule has 1 nitrogen and oxygen atoms in total. The fraction of sp³-hybridized carbons (Fsp3) is 0.127. The maximum absolute atomic E-state index is 2.50. The first-order valence-electron chi connectivity index (χ1n) is 25.7. The van der Waals surface area contributed by atoms with Crippen molar-refractivity contribution in [3.8, 4) is 33.4 Å². The van der Waals surface area contributed by atoms with E-state index in [1.54, 1.807) is 0 Å². The highest BCUT2D eigenvalue weighted by molar-refractivity contribution is 7.25. The second-order valence-electron chi connectivity index (χ2n) is 22.2. The third-order valence-corrected chi connectivity index (χ3v) is 16.8. The van der Waals surface area contributed by atoms with Crippen molar-refractivity contribution in [2.24, 2.45) is 0 Å². The molecule has 13 rings (SSSR count). The minimum atomic E-state index is -0.563. The van der Waals surface area contributed by atoms with Crippen molar-refractivity contribution >= 4 is 70.1 Å². The molecule has 0 bridgehead atoms. The molecule has 12 aromatic rings. The van der Waals surface area contributed by atoms with Crippen LogP contribution in [-0.4, -0.2) is 0 Å². The first-order valence-corrected chi connectivity index (χ1v) is 26.5. The number of nitrogens with zero attached hydrogens (tertiary/aromatic N) is 1. The molecule has 0 atom stereocenters. The SMILES string of the molecule is CC(C)(C)c1ccc(C2(c3ccc(C(C)(C)C)cc3)c3ccccc3-c3ccc(N(c4ccc(-c5ccc6cc(-c7ccc8ccccc8c7)ccc6c5)cc4)c4ccc5c(c4)sc4ccccc45)cc32)cc1. The lowest BCUT2D eigenvalue weighted by Crippen LogP contribution is -2.29. The Morgan fingerprint density at radius 1 is 0.329 bits per heavy atom. The molecule has 0 radical (unpaired) electrons. The van der Waals surface area contributed by atoms with Gasteiger partial charge in [-0.25, -0.2) is 0 Å². The molecule has 1 aliphatic rings. The topological polar surface area (TPSA) is 3.24 Å². The predicted octanol–water partition coefficient (Wildman–Crippen LogP) is 20.1. The van der Waals surface area contributed by atoms with E-state index in [0.717, 1.165) is 17.1 Å². The summed E-state index contributed by atoms with van der Waals surface area (Å²) in [5.41, 5.74) is 18.1. The summed E-state index contributed by atoms with van der Waals surface area (Å²) >= 11 is 1.87. The number of hydrogen-bond donors (Lipinski definition) is 0. The molecular formula is C71H57NS. The van der Waals surface area contributed by atoms with Crippen LogP contribution in [0.15, 0.2) is 237 Å². The molecule has 0 spiro atoms. The second-order valence-corrected chi connectivity index (χ2v) is 23.3. The van der Waals surface area contributed by atoms with Gasteiger partial charge in [0.05, 0.1) is 5.41 Å². The largest absolute Gasteiger partial charge is 0.310 e. The van der Waals surface area contributed by atoms with E-state index in [4.69, 9.17) is 0 Å². The fourth-order valence-corrected chi connectivity index (χ4v) is 12.9. The number of anilines is 3. The molecule has 0 saturated heterocycles. The van der Waals surface area contributed by atoms with E-state index in [0.29, 0.717) is 0 Å². The fourth-order valence-electron chi connectivity index (χ4n) is 11.7. The first kappa shape index (κ1) is 44.9. The number of fused-ring (bicyclic) bond motifs is 8. The minimum absolute atomic E-state index is 0.0293. The number of hydrogen-bond acceptors (Lipinski definition) is 2. The molecular weight excluding hydrogens is 899 g/mol. The van der Waals surface area contributed by atoms with Crippen molar-refractivity contribution in [3.05, 3.63) is 270 Å². The monoisotopic (exact) mass is 955 g/mol. The Hall–Kier alpha value is -8.04. The molecule has 0 N–H and O–H groups in total. The Morgan fingerprint density at radius 2 is 0.795 bits per heavy atom. The van der Waals surface area contributed by atoms with Crippen molar-refractivity contribution in [3.63, 3.8) is 0 Å². The Labute approximate surface area is 433 Å². The van der Waals surface area contributed by atoms with Gasteiger partial charge in [0.15, 0.2) is 0 Å². The Morgan fingerprint density at radius 3 is 1.44 bits per heavy atom. The van der Waals surface area contributed by atoms with Gasteiger partial charge in [-0.05, 0) is 160 Å².